The average molecular weight is 466 g/mol. The summed E-state index contributed by atoms with van der Waals surface area (Å²) in [7, 11) is -3.94. The molecular weight excluding hydrogens is 438 g/mol. The van der Waals surface area contributed by atoms with Crippen molar-refractivity contribution in [1.29, 1.82) is 0 Å². The second kappa shape index (κ2) is 11.4. The van der Waals surface area contributed by atoms with Crippen LogP contribution < -0.4 is 4.72 Å². The number of halogens is 1. The summed E-state index contributed by atoms with van der Waals surface area (Å²) in [6.45, 7) is 2.21. The maximum atomic E-state index is 12.7. The molecule has 0 atom stereocenters. The smallest absolute Gasteiger partial charge is 0.265 e. The molecule has 4 nitrogen and oxygen atoms in total. The molecule has 0 spiro atoms. The number of rotatable bonds is 11. The highest BCUT2D eigenvalue weighted by Crippen LogP contribution is 2.22. The number of aryl methyl sites for hydroxylation is 1. The van der Waals surface area contributed by atoms with Gasteiger partial charge in [-0.05, 0) is 52.5 Å². The summed E-state index contributed by atoms with van der Waals surface area (Å²) >= 11 is 3.23. The maximum Gasteiger partial charge on any atom is 0.265 e. The van der Waals surface area contributed by atoms with Crippen molar-refractivity contribution in [1.82, 2.24) is 4.72 Å². The number of hydrogen-bond acceptors (Lipinski definition) is 3. The van der Waals surface area contributed by atoms with Crippen LogP contribution in [-0.2, 0) is 16.4 Å². The van der Waals surface area contributed by atoms with E-state index in [1.807, 2.05) is 12.1 Å². The Bertz CT molecular complexity index is 881. The summed E-state index contributed by atoms with van der Waals surface area (Å²) in [5, 5.41) is 0. The van der Waals surface area contributed by atoms with Crippen molar-refractivity contribution < 1.29 is 13.2 Å². The predicted molar refractivity (Wildman–Crippen MR) is 117 cm³/mol. The first-order valence-electron chi connectivity index (χ1n) is 9.85. The Kier molecular flexibility index (Phi) is 9.19. The lowest BCUT2D eigenvalue weighted by Crippen LogP contribution is -2.31. The van der Waals surface area contributed by atoms with Crippen LogP contribution in [0.5, 0.6) is 0 Å². The largest absolute Gasteiger partial charge is 0.268 e. The third-order valence-corrected chi connectivity index (χ3v) is 7.01. The van der Waals surface area contributed by atoms with Gasteiger partial charge < -0.3 is 0 Å². The summed E-state index contributed by atoms with van der Waals surface area (Å²) in [5.74, 6) is -0.589. The van der Waals surface area contributed by atoms with Crippen molar-refractivity contribution in [2.75, 3.05) is 0 Å². The van der Waals surface area contributed by atoms with Crippen LogP contribution in [0.3, 0.4) is 0 Å². The number of amides is 1. The van der Waals surface area contributed by atoms with Crippen LogP contribution in [0.2, 0.25) is 0 Å². The van der Waals surface area contributed by atoms with Crippen LogP contribution in [-0.4, -0.2) is 14.3 Å². The molecule has 0 fully saturated rings. The van der Waals surface area contributed by atoms with Gasteiger partial charge in [-0.25, -0.2) is 13.1 Å². The van der Waals surface area contributed by atoms with Gasteiger partial charge in [0.1, 0.15) is 4.90 Å². The molecule has 1 amide bonds. The van der Waals surface area contributed by atoms with E-state index in [1.165, 1.54) is 38.2 Å². The first-order valence-corrected chi connectivity index (χ1v) is 12.1. The third kappa shape index (κ3) is 6.74. The molecule has 0 saturated carbocycles. The number of unbranched alkanes of at least 4 members (excludes halogenated alkanes) is 6. The monoisotopic (exact) mass is 465 g/mol. The molecule has 2 aromatic rings. The lowest BCUT2D eigenvalue weighted by Gasteiger charge is -2.11. The van der Waals surface area contributed by atoms with Gasteiger partial charge in [0.15, 0.2) is 0 Å². The van der Waals surface area contributed by atoms with Crippen molar-refractivity contribution in [3.05, 3.63) is 64.1 Å². The van der Waals surface area contributed by atoms with Crippen LogP contribution >= 0.6 is 15.9 Å². The quantitative estimate of drug-likeness (QED) is 0.422. The zero-order valence-electron chi connectivity index (χ0n) is 16.3. The lowest BCUT2D eigenvalue weighted by molar-refractivity contribution is 0.0980. The molecule has 0 unspecified atom stereocenters. The average Bonchev–Trinajstić information content (AvgIpc) is 2.67. The highest BCUT2D eigenvalue weighted by atomic mass is 79.9. The van der Waals surface area contributed by atoms with Crippen molar-refractivity contribution in [2.24, 2.45) is 0 Å². The van der Waals surface area contributed by atoms with Crippen molar-refractivity contribution >= 4 is 31.9 Å². The number of nitrogens with one attached hydrogen (secondary N) is 1. The molecule has 0 aliphatic heterocycles. The van der Waals surface area contributed by atoms with Crippen LogP contribution in [0.25, 0.3) is 0 Å². The van der Waals surface area contributed by atoms with Crippen LogP contribution in [0.1, 0.15) is 67.8 Å². The van der Waals surface area contributed by atoms with Gasteiger partial charge in [0.05, 0.1) is 0 Å². The van der Waals surface area contributed by atoms with Crippen molar-refractivity contribution in [2.45, 2.75) is 63.2 Å². The number of carbonyl (C=O) groups excluding carboxylic acids is 1. The Labute approximate surface area is 176 Å². The number of carbonyl (C=O) groups is 1. The molecule has 0 bridgehead atoms. The van der Waals surface area contributed by atoms with Crippen molar-refractivity contribution in [3.8, 4) is 0 Å². The fraction of sp³-hybridized carbons (Fsp3) is 0.409. The van der Waals surface area contributed by atoms with E-state index in [0.29, 0.717) is 10.0 Å². The standard InChI is InChI=1S/C22H28BrNO3S/c1-2-3-4-5-6-7-8-13-18-14-9-10-15-19(18)22(25)24-28(26,27)21-17-12-11-16-20(21)23/h9-12,14-17H,2-8,13H2,1H3,(H,24,25). The Morgan fingerprint density at radius 3 is 2.21 bits per heavy atom. The molecule has 0 radical (unpaired) electrons. The lowest BCUT2D eigenvalue weighted by atomic mass is 10.00. The molecule has 2 rings (SSSR count). The van der Waals surface area contributed by atoms with Crippen LogP contribution in [0.4, 0.5) is 0 Å². The van der Waals surface area contributed by atoms with E-state index in [2.05, 4.69) is 27.6 Å². The van der Waals surface area contributed by atoms with E-state index in [9.17, 15) is 13.2 Å². The zero-order chi connectivity index (χ0) is 20.4. The van der Waals surface area contributed by atoms with Gasteiger partial charge >= 0.3 is 0 Å². The summed E-state index contributed by atoms with van der Waals surface area (Å²) in [6.07, 6.45) is 9.14. The van der Waals surface area contributed by atoms with E-state index in [-0.39, 0.29) is 4.90 Å². The van der Waals surface area contributed by atoms with Gasteiger partial charge in [0.2, 0.25) is 0 Å². The molecule has 6 heteroatoms. The van der Waals surface area contributed by atoms with Crippen LogP contribution in [0, 0.1) is 0 Å². The molecule has 28 heavy (non-hydrogen) atoms. The fourth-order valence-corrected chi connectivity index (χ4v) is 5.10. The first kappa shape index (κ1) is 22.6. The number of hydrogen-bond donors (Lipinski definition) is 1. The summed E-state index contributed by atoms with van der Waals surface area (Å²) < 4.78 is 27.8. The Morgan fingerprint density at radius 2 is 1.50 bits per heavy atom. The topological polar surface area (TPSA) is 63.2 Å². The Morgan fingerprint density at radius 1 is 0.893 bits per heavy atom. The van der Waals surface area contributed by atoms with Gasteiger partial charge in [-0.15, -0.1) is 0 Å². The molecule has 0 aromatic heterocycles. The number of benzene rings is 2. The first-order chi connectivity index (χ1) is 13.5. The van der Waals surface area contributed by atoms with E-state index >= 15 is 0 Å². The summed E-state index contributed by atoms with van der Waals surface area (Å²) in [6, 6.07) is 13.7. The molecule has 1 N–H and O–H groups in total. The van der Waals surface area contributed by atoms with Gasteiger partial charge in [-0.2, -0.15) is 0 Å². The third-order valence-electron chi connectivity index (χ3n) is 4.66. The summed E-state index contributed by atoms with van der Waals surface area (Å²) in [5.41, 5.74) is 1.31. The second-order valence-electron chi connectivity index (χ2n) is 6.89. The Balaban J connectivity index is 1.99. The Hall–Kier alpha value is -1.66. The van der Waals surface area contributed by atoms with Gasteiger partial charge in [-0.3, -0.25) is 4.79 Å². The molecule has 0 heterocycles. The predicted octanol–water partition coefficient (Wildman–Crippen LogP) is 5.86. The molecular formula is C22H28BrNO3S. The minimum Gasteiger partial charge on any atom is -0.268 e. The van der Waals surface area contributed by atoms with Crippen molar-refractivity contribution in [3.63, 3.8) is 0 Å². The summed E-state index contributed by atoms with van der Waals surface area (Å²) in [4.78, 5) is 12.7. The minimum atomic E-state index is -3.94. The highest BCUT2D eigenvalue weighted by Gasteiger charge is 2.22. The minimum absolute atomic E-state index is 0.0490. The van der Waals surface area contributed by atoms with Gasteiger partial charge in [0.25, 0.3) is 15.9 Å². The molecule has 0 saturated heterocycles. The number of sulfonamides is 1. The molecule has 0 aliphatic rings. The van der Waals surface area contributed by atoms with Crippen LogP contribution in [0.15, 0.2) is 57.9 Å². The molecule has 2 aromatic carbocycles. The second-order valence-corrected chi connectivity index (χ2v) is 9.40. The van der Waals surface area contributed by atoms with E-state index in [0.717, 1.165) is 24.8 Å². The van der Waals surface area contributed by atoms with Gasteiger partial charge in [0, 0.05) is 10.0 Å². The van der Waals surface area contributed by atoms with E-state index in [4.69, 9.17) is 0 Å². The van der Waals surface area contributed by atoms with E-state index in [1.54, 1.807) is 30.3 Å². The van der Waals surface area contributed by atoms with Gasteiger partial charge in [-0.1, -0.05) is 75.8 Å². The SMILES string of the molecule is CCCCCCCCCc1ccccc1C(=O)NS(=O)(=O)c1ccccc1Br. The maximum absolute atomic E-state index is 12.7. The molecule has 152 valence electrons. The zero-order valence-corrected chi connectivity index (χ0v) is 18.7. The highest BCUT2D eigenvalue weighted by molar-refractivity contribution is 9.10. The fourth-order valence-electron chi connectivity index (χ4n) is 3.13. The molecule has 0 aliphatic carbocycles. The normalized spacial score (nSPS) is 11.4. The van der Waals surface area contributed by atoms with E-state index < -0.39 is 15.9 Å².